The van der Waals surface area contributed by atoms with Crippen molar-refractivity contribution in [3.05, 3.63) is 12.2 Å². The number of hydrogen-bond acceptors (Lipinski definition) is 3. The number of allylic oxidation sites excluding steroid dienone is 2. The van der Waals surface area contributed by atoms with Crippen molar-refractivity contribution in [2.24, 2.45) is 17.8 Å². The van der Waals surface area contributed by atoms with E-state index < -0.39 is 5.60 Å². The number of fused-ring (bicyclic) bond motifs is 2. The second-order valence-corrected chi connectivity index (χ2v) is 6.01. The van der Waals surface area contributed by atoms with Crippen molar-refractivity contribution in [2.75, 3.05) is 26.3 Å². The molecule has 0 aromatic rings. The highest BCUT2D eigenvalue weighted by Crippen LogP contribution is 2.42. The zero-order chi connectivity index (χ0) is 11.7. The van der Waals surface area contributed by atoms with Crippen molar-refractivity contribution in [1.82, 2.24) is 5.32 Å². The molecule has 17 heavy (non-hydrogen) atoms. The molecule has 3 atom stereocenters. The summed E-state index contributed by atoms with van der Waals surface area (Å²) >= 11 is 0. The lowest BCUT2D eigenvalue weighted by molar-refractivity contribution is -0.0618. The summed E-state index contributed by atoms with van der Waals surface area (Å²) in [7, 11) is 0. The predicted molar refractivity (Wildman–Crippen MR) is 66.7 cm³/mol. The van der Waals surface area contributed by atoms with E-state index in [2.05, 4.69) is 17.5 Å². The molecule has 1 heterocycles. The number of rotatable bonds is 4. The minimum atomic E-state index is -0.522. The third kappa shape index (κ3) is 2.56. The van der Waals surface area contributed by atoms with Crippen LogP contribution in [0.25, 0.3) is 0 Å². The fourth-order valence-corrected chi connectivity index (χ4v) is 3.55. The number of aliphatic hydroxyl groups is 1. The molecule has 0 amide bonds. The van der Waals surface area contributed by atoms with Gasteiger partial charge in [0.05, 0.1) is 5.60 Å². The molecular formula is C14H23NO2. The van der Waals surface area contributed by atoms with Crippen LogP contribution in [0.5, 0.6) is 0 Å². The molecule has 3 heteroatoms. The number of hydrogen-bond donors (Lipinski definition) is 2. The van der Waals surface area contributed by atoms with Gasteiger partial charge in [0, 0.05) is 32.6 Å². The van der Waals surface area contributed by atoms with Gasteiger partial charge in [-0.3, -0.25) is 0 Å². The smallest absolute Gasteiger partial charge is 0.0815 e. The van der Waals surface area contributed by atoms with Crippen LogP contribution in [0, 0.1) is 17.8 Å². The van der Waals surface area contributed by atoms with E-state index in [9.17, 15) is 5.11 Å². The highest BCUT2D eigenvalue weighted by molar-refractivity contribution is 5.10. The van der Waals surface area contributed by atoms with Crippen LogP contribution in [0.1, 0.15) is 25.7 Å². The summed E-state index contributed by atoms with van der Waals surface area (Å²) in [5.41, 5.74) is -0.522. The SMILES string of the molecule is OC1(CNCC2CC3C=CC2C3)CCOCC1. The third-order valence-corrected chi connectivity index (χ3v) is 4.70. The van der Waals surface area contributed by atoms with Gasteiger partial charge >= 0.3 is 0 Å². The molecule has 1 aliphatic heterocycles. The van der Waals surface area contributed by atoms with Crippen LogP contribution in [0.2, 0.25) is 0 Å². The van der Waals surface area contributed by atoms with Crippen LogP contribution in [-0.4, -0.2) is 37.0 Å². The first kappa shape index (κ1) is 11.7. The van der Waals surface area contributed by atoms with Crippen LogP contribution in [-0.2, 0) is 4.74 Å². The van der Waals surface area contributed by atoms with Gasteiger partial charge in [-0.1, -0.05) is 12.2 Å². The quantitative estimate of drug-likeness (QED) is 0.725. The minimum Gasteiger partial charge on any atom is -0.388 e. The van der Waals surface area contributed by atoms with Crippen LogP contribution >= 0.6 is 0 Å². The second kappa shape index (κ2) is 4.71. The van der Waals surface area contributed by atoms with Gasteiger partial charge in [0.1, 0.15) is 0 Å². The van der Waals surface area contributed by atoms with Crippen molar-refractivity contribution in [1.29, 1.82) is 0 Å². The summed E-state index contributed by atoms with van der Waals surface area (Å²) < 4.78 is 5.29. The topological polar surface area (TPSA) is 41.5 Å². The van der Waals surface area contributed by atoms with E-state index in [0.717, 1.165) is 43.7 Å². The first-order chi connectivity index (χ1) is 8.25. The van der Waals surface area contributed by atoms with Gasteiger partial charge in [-0.05, 0) is 37.1 Å². The van der Waals surface area contributed by atoms with E-state index >= 15 is 0 Å². The maximum absolute atomic E-state index is 10.3. The van der Waals surface area contributed by atoms with Gasteiger partial charge in [0.25, 0.3) is 0 Å². The Labute approximate surface area is 103 Å². The van der Waals surface area contributed by atoms with Gasteiger partial charge < -0.3 is 15.2 Å². The second-order valence-electron chi connectivity index (χ2n) is 6.01. The van der Waals surface area contributed by atoms with Crippen LogP contribution in [0.15, 0.2) is 12.2 Å². The maximum Gasteiger partial charge on any atom is 0.0815 e. The summed E-state index contributed by atoms with van der Waals surface area (Å²) in [6, 6.07) is 0. The van der Waals surface area contributed by atoms with Gasteiger partial charge in [-0.15, -0.1) is 0 Å². The first-order valence-corrected chi connectivity index (χ1v) is 6.94. The largest absolute Gasteiger partial charge is 0.388 e. The summed E-state index contributed by atoms with van der Waals surface area (Å²) in [5, 5.41) is 13.8. The fourth-order valence-electron chi connectivity index (χ4n) is 3.55. The van der Waals surface area contributed by atoms with Crippen LogP contribution < -0.4 is 5.32 Å². The molecule has 0 radical (unpaired) electrons. The molecule has 0 aromatic heterocycles. The van der Waals surface area contributed by atoms with Gasteiger partial charge in [-0.25, -0.2) is 0 Å². The molecule has 3 aliphatic rings. The predicted octanol–water partition coefficient (Wildman–Crippen LogP) is 1.33. The van der Waals surface area contributed by atoms with E-state index in [-0.39, 0.29) is 0 Å². The van der Waals surface area contributed by atoms with Gasteiger partial charge in [0.2, 0.25) is 0 Å². The highest BCUT2D eigenvalue weighted by Gasteiger charge is 2.36. The molecule has 2 N–H and O–H groups in total. The Kier molecular flexibility index (Phi) is 3.24. The lowest BCUT2D eigenvalue weighted by atomic mass is 9.92. The lowest BCUT2D eigenvalue weighted by Gasteiger charge is -2.33. The van der Waals surface area contributed by atoms with Crippen molar-refractivity contribution >= 4 is 0 Å². The standard InChI is InChI=1S/C14H23NO2/c16-14(3-5-17-6-4-14)10-15-9-13-8-11-1-2-12(13)7-11/h1-2,11-13,15-16H,3-10H2. The van der Waals surface area contributed by atoms with Crippen LogP contribution in [0.3, 0.4) is 0 Å². The zero-order valence-electron chi connectivity index (χ0n) is 10.4. The molecule has 2 bridgehead atoms. The summed E-state index contributed by atoms with van der Waals surface area (Å²) in [4.78, 5) is 0. The van der Waals surface area contributed by atoms with E-state index in [1.807, 2.05) is 0 Å². The van der Waals surface area contributed by atoms with Gasteiger partial charge in [-0.2, -0.15) is 0 Å². The van der Waals surface area contributed by atoms with Crippen molar-refractivity contribution in [2.45, 2.75) is 31.3 Å². The van der Waals surface area contributed by atoms with E-state index in [0.29, 0.717) is 13.2 Å². The highest BCUT2D eigenvalue weighted by atomic mass is 16.5. The van der Waals surface area contributed by atoms with E-state index in [4.69, 9.17) is 4.74 Å². The molecule has 2 aliphatic carbocycles. The Morgan fingerprint density at radius 3 is 2.71 bits per heavy atom. The van der Waals surface area contributed by atoms with E-state index in [1.165, 1.54) is 12.8 Å². The molecule has 2 fully saturated rings. The lowest BCUT2D eigenvalue weighted by Crippen LogP contribution is -2.46. The molecule has 3 rings (SSSR count). The monoisotopic (exact) mass is 237 g/mol. The Hall–Kier alpha value is -0.380. The maximum atomic E-state index is 10.3. The van der Waals surface area contributed by atoms with E-state index in [1.54, 1.807) is 0 Å². The minimum absolute atomic E-state index is 0.522. The zero-order valence-corrected chi connectivity index (χ0v) is 10.4. The molecule has 3 unspecified atom stereocenters. The molecule has 96 valence electrons. The molecule has 0 spiro atoms. The Morgan fingerprint density at radius 2 is 2.06 bits per heavy atom. The Balaban J connectivity index is 1.41. The van der Waals surface area contributed by atoms with Gasteiger partial charge in [0.15, 0.2) is 0 Å². The average molecular weight is 237 g/mol. The van der Waals surface area contributed by atoms with Crippen LogP contribution in [0.4, 0.5) is 0 Å². The van der Waals surface area contributed by atoms with Crippen molar-refractivity contribution in [3.8, 4) is 0 Å². The third-order valence-electron chi connectivity index (χ3n) is 4.70. The molecule has 1 saturated carbocycles. The Morgan fingerprint density at radius 1 is 1.24 bits per heavy atom. The first-order valence-electron chi connectivity index (χ1n) is 6.94. The summed E-state index contributed by atoms with van der Waals surface area (Å²) in [6.07, 6.45) is 9.03. The average Bonchev–Trinajstić information content (AvgIpc) is 2.92. The summed E-state index contributed by atoms with van der Waals surface area (Å²) in [6.45, 7) is 3.20. The van der Waals surface area contributed by atoms with Crippen molar-refractivity contribution in [3.63, 3.8) is 0 Å². The fraction of sp³-hybridized carbons (Fsp3) is 0.857. The number of ether oxygens (including phenoxy) is 1. The normalized spacial score (nSPS) is 38.8. The molecule has 3 nitrogen and oxygen atoms in total. The summed E-state index contributed by atoms with van der Waals surface area (Å²) in [5.74, 6) is 2.45. The number of nitrogens with one attached hydrogen (secondary N) is 1. The Bertz CT molecular complexity index is 297. The molecule has 0 aromatic carbocycles. The molecule has 1 saturated heterocycles. The molecular weight excluding hydrogens is 214 g/mol. The van der Waals surface area contributed by atoms with Crippen molar-refractivity contribution < 1.29 is 9.84 Å².